The van der Waals surface area contributed by atoms with Gasteiger partial charge in [0.2, 0.25) is 5.91 Å². The Morgan fingerprint density at radius 1 is 1.02 bits per heavy atom. The molecule has 10 heteroatoms. The maximum absolute atomic E-state index is 14.4. The summed E-state index contributed by atoms with van der Waals surface area (Å²) in [6.07, 6.45) is 7.26. The first-order valence-electron chi connectivity index (χ1n) is 17.2. The normalized spacial score (nSPS) is 22.6. The topological polar surface area (TPSA) is 129 Å². The number of aromatic carboxylic acids is 1. The molecule has 10 nitrogen and oxygen atoms in total. The summed E-state index contributed by atoms with van der Waals surface area (Å²) in [5, 5.41) is 22.5. The number of hydrogen-bond acceptors (Lipinski definition) is 7. The Balaban J connectivity index is 1.57. The standard InChI is InChI=1S/C37H53N3O7/c1-25-21-40(26(2)24-41)36(43)32-20-31(38-35(42)29-11-6-5-7-12-29)17-18-33(32)47-27(3)10-8-9-19-46-34(25)23-39(4)22-28-13-15-30(16-14-28)37(44)45/h13-18,20,25-27,29,34,41H,5-12,19,21-24H2,1-4H3,(H,38,42)(H,44,45)/t25-,26+,27+,34+/m1/s1. The van der Waals surface area contributed by atoms with Crippen LogP contribution in [0, 0.1) is 11.8 Å². The molecular weight excluding hydrogens is 598 g/mol. The van der Waals surface area contributed by atoms with E-state index in [-0.39, 0.29) is 48.0 Å². The molecule has 2 aromatic carbocycles. The van der Waals surface area contributed by atoms with Gasteiger partial charge in [0.25, 0.3) is 5.91 Å². The van der Waals surface area contributed by atoms with Crippen LogP contribution in [-0.2, 0) is 16.1 Å². The van der Waals surface area contributed by atoms with Crippen LogP contribution in [-0.4, -0.2) is 89.4 Å². The van der Waals surface area contributed by atoms with Crippen LogP contribution in [0.3, 0.4) is 0 Å². The Kier molecular flexibility index (Phi) is 13.6. The zero-order chi connectivity index (χ0) is 33.9. The summed E-state index contributed by atoms with van der Waals surface area (Å²) in [6.45, 7) is 7.82. The molecule has 47 heavy (non-hydrogen) atoms. The van der Waals surface area contributed by atoms with E-state index in [4.69, 9.17) is 9.47 Å². The highest BCUT2D eigenvalue weighted by atomic mass is 16.5. The lowest BCUT2D eigenvalue weighted by Gasteiger charge is -2.36. The van der Waals surface area contributed by atoms with E-state index in [1.807, 2.05) is 33.0 Å². The average Bonchev–Trinajstić information content (AvgIpc) is 3.06. The van der Waals surface area contributed by atoms with Crippen molar-refractivity contribution in [2.24, 2.45) is 11.8 Å². The lowest BCUT2D eigenvalue weighted by Crippen LogP contribution is -2.47. The second-order valence-electron chi connectivity index (χ2n) is 13.5. The molecule has 1 heterocycles. The van der Waals surface area contributed by atoms with Crippen molar-refractivity contribution >= 4 is 23.5 Å². The lowest BCUT2D eigenvalue weighted by atomic mass is 9.88. The van der Waals surface area contributed by atoms with Crippen LogP contribution in [0.15, 0.2) is 42.5 Å². The van der Waals surface area contributed by atoms with Crippen LogP contribution in [0.25, 0.3) is 0 Å². The predicted octanol–water partition coefficient (Wildman–Crippen LogP) is 5.83. The number of hydrogen-bond donors (Lipinski definition) is 3. The number of benzene rings is 2. The first-order valence-corrected chi connectivity index (χ1v) is 17.2. The van der Waals surface area contributed by atoms with Crippen molar-refractivity contribution in [2.45, 2.75) is 96.9 Å². The average molecular weight is 652 g/mol. The molecule has 1 aliphatic heterocycles. The Morgan fingerprint density at radius 2 is 1.72 bits per heavy atom. The van der Waals surface area contributed by atoms with Crippen LogP contribution in [0.4, 0.5) is 5.69 Å². The van der Waals surface area contributed by atoms with E-state index < -0.39 is 12.0 Å². The maximum atomic E-state index is 14.4. The molecule has 3 N–H and O–H groups in total. The molecule has 0 saturated heterocycles. The Labute approximate surface area is 279 Å². The molecule has 1 fully saturated rings. The fraction of sp³-hybridized carbons (Fsp3) is 0.595. The summed E-state index contributed by atoms with van der Waals surface area (Å²) >= 11 is 0. The molecule has 1 aliphatic carbocycles. The van der Waals surface area contributed by atoms with Crippen LogP contribution >= 0.6 is 0 Å². The molecule has 4 rings (SSSR count). The van der Waals surface area contributed by atoms with Crippen molar-refractivity contribution in [1.29, 1.82) is 0 Å². The smallest absolute Gasteiger partial charge is 0.335 e. The number of rotatable bonds is 9. The van der Waals surface area contributed by atoms with Crippen LogP contribution < -0.4 is 10.1 Å². The van der Waals surface area contributed by atoms with Crippen LogP contribution in [0.5, 0.6) is 5.75 Å². The summed E-state index contributed by atoms with van der Waals surface area (Å²) in [7, 11) is 2.00. The van der Waals surface area contributed by atoms with Crippen LogP contribution in [0.2, 0.25) is 0 Å². The number of nitrogens with one attached hydrogen (secondary N) is 1. The Morgan fingerprint density at radius 3 is 2.40 bits per heavy atom. The molecule has 258 valence electrons. The molecule has 0 aromatic heterocycles. The van der Waals surface area contributed by atoms with Gasteiger partial charge < -0.3 is 29.9 Å². The molecule has 2 aliphatic rings. The largest absolute Gasteiger partial charge is 0.490 e. The minimum Gasteiger partial charge on any atom is -0.490 e. The van der Waals surface area contributed by atoms with Gasteiger partial charge in [-0.05, 0) is 88.9 Å². The van der Waals surface area contributed by atoms with Gasteiger partial charge >= 0.3 is 5.97 Å². The predicted molar refractivity (Wildman–Crippen MR) is 182 cm³/mol. The lowest BCUT2D eigenvalue weighted by molar-refractivity contribution is -0.120. The fourth-order valence-corrected chi connectivity index (χ4v) is 6.51. The molecule has 0 unspecified atom stereocenters. The summed E-state index contributed by atoms with van der Waals surface area (Å²) in [6, 6.07) is 11.7. The molecular formula is C37H53N3O7. The van der Waals surface area contributed by atoms with E-state index >= 15 is 0 Å². The van der Waals surface area contributed by atoms with Crippen LogP contribution in [0.1, 0.15) is 98.4 Å². The second-order valence-corrected chi connectivity index (χ2v) is 13.5. The number of fused-ring (bicyclic) bond motifs is 1. The van der Waals surface area contributed by atoms with E-state index in [0.29, 0.717) is 43.2 Å². The van der Waals surface area contributed by atoms with Gasteiger partial charge in [0.15, 0.2) is 0 Å². The number of nitrogens with zero attached hydrogens (tertiary/aromatic N) is 2. The van der Waals surface area contributed by atoms with E-state index in [1.54, 1.807) is 35.2 Å². The summed E-state index contributed by atoms with van der Waals surface area (Å²) in [4.78, 5) is 42.6. The third-order valence-electron chi connectivity index (χ3n) is 9.44. The van der Waals surface area contributed by atoms with Gasteiger partial charge in [0, 0.05) is 43.8 Å². The monoisotopic (exact) mass is 651 g/mol. The van der Waals surface area contributed by atoms with Crippen molar-refractivity contribution in [1.82, 2.24) is 9.80 Å². The minimum atomic E-state index is -0.952. The molecule has 4 atom stereocenters. The number of aliphatic hydroxyl groups excluding tert-OH is 1. The number of carboxylic acids is 1. The highest BCUT2D eigenvalue weighted by molar-refractivity contribution is 6.00. The van der Waals surface area contributed by atoms with E-state index in [9.17, 15) is 24.6 Å². The fourth-order valence-electron chi connectivity index (χ4n) is 6.51. The zero-order valence-electron chi connectivity index (χ0n) is 28.5. The van der Waals surface area contributed by atoms with Crippen molar-refractivity contribution in [3.8, 4) is 5.75 Å². The van der Waals surface area contributed by atoms with Gasteiger partial charge in [-0.15, -0.1) is 0 Å². The van der Waals surface area contributed by atoms with Gasteiger partial charge in [-0.2, -0.15) is 0 Å². The number of anilines is 1. The van der Waals surface area contributed by atoms with Gasteiger partial charge in [-0.25, -0.2) is 4.79 Å². The minimum absolute atomic E-state index is 0.0107. The SMILES string of the molecule is C[C@@H]1CN([C@@H](C)CO)C(=O)c2cc(NC(=O)C3CCCCC3)ccc2O[C@@H](C)CCCCO[C@H]1CN(C)Cc1ccc(C(=O)O)cc1. The highest BCUT2D eigenvalue weighted by Gasteiger charge is 2.31. The quantitative estimate of drug-likeness (QED) is 0.309. The van der Waals surface area contributed by atoms with Gasteiger partial charge in [0.1, 0.15) is 5.75 Å². The zero-order valence-corrected chi connectivity index (χ0v) is 28.5. The van der Waals surface area contributed by atoms with Gasteiger partial charge in [0.05, 0.1) is 36.0 Å². The molecule has 1 saturated carbocycles. The molecule has 0 spiro atoms. The van der Waals surface area contributed by atoms with Gasteiger partial charge in [-0.1, -0.05) is 38.3 Å². The second kappa shape index (κ2) is 17.6. The number of ether oxygens (including phenoxy) is 2. The number of amides is 2. The number of aliphatic hydroxyl groups is 1. The molecule has 0 radical (unpaired) electrons. The highest BCUT2D eigenvalue weighted by Crippen LogP contribution is 2.30. The third kappa shape index (κ3) is 10.5. The van der Waals surface area contributed by atoms with E-state index in [2.05, 4.69) is 17.1 Å². The van der Waals surface area contributed by atoms with Gasteiger partial charge in [-0.3, -0.25) is 14.5 Å². The number of carboxylic acid groups (broad SMARTS) is 1. The number of likely N-dealkylation sites (N-methyl/N-ethyl adjacent to an activating group) is 1. The molecule has 2 aromatic rings. The number of carbonyl (C=O) groups excluding carboxylic acids is 2. The van der Waals surface area contributed by atoms with Crippen molar-refractivity contribution in [3.05, 3.63) is 59.2 Å². The Hall–Kier alpha value is -3.47. The Bertz CT molecular complexity index is 1330. The van der Waals surface area contributed by atoms with Crippen molar-refractivity contribution in [2.75, 3.05) is 38.7 Å². The molecule has 2 amide bonds. The first kappa shape index (κ1) is 36.4. The number of carbonyl (C=O) groups is 3. The van der Waals surface area contributed by atoms with Crippen molar-refractivity contribution < 1.29 is 34.1 Å². The first-order chi connectivity index (χ1) is 22.5. The summed E-state index contributed by atoms with van der Waals surface area (Å²) in [5.41, 5.74) is 2.17. The van der Waals surface area contributed by atoms with Crippen molar-refractivity contribution in [3.63, 3.8) is 0 Å². The summed E-state index contributed by atoms with van der Waals surface area (Å²) in [5.74, 6) is -0.854. The summed E-state index contributed by atoms with van der Waals surface area (Å²) < 4.78 is 12.8. The molecule has 0 bridgehead atoms. The van der Waals surface area contributed by atoms with E-state index in [1.165, 1.54) is 0 Å². The van der Waals surface area contributed by atoms with E-state index in [0.717, 1.165) is 56.9 Å². The third-order valence-corrected chi connectivity index (χ3v) is 9.44. The maximum Gasteiger partial charge on any atom is 0.335 e.